The van der Waals surface area contributed by atoms with Crippen molar-refractivity contribution in [3.63, 3.8) is 0 Å². The molecule has 5 rings (SSSR count). The summed E-state index contributed by atoms with van der Waals surface area (Å²) in [7, 11) is 1.64. The fourth-order valence-corrected chi connectivity index (χ4v) is 5.25. The molecule has 0 spiro atoms. The third-order valence-corrected chi connectivity index (χ3v) is 7.36. The lowest BCUT2D eigenvalue weighted by Gasteiger charge is -2.22. The molecule has 1 N–H and O–H groups in total. The predicted molar refractivity (Wildman–Crippen MR) is 146 cm³/mol. The Morgan fingerprint density at radius 2 is 2.10 bits per heavy atom. The van der Waals surface area contributed by atoms with Gasteiger partial charge in [0.25, 0.3) is 0 Å². The van der Waals surface area contributed by atoms with E-state index in [1.807, 2.05) is 35.1 Å². The van der Waals surface area contributed by atoms with Gasteiger partial charge in [-0.15, -0.1) is 0 Å². The first-order valence-electron chi connectivity index (χ1n) is 13.2. The van der Waals surface area contributed by atoms with Crippen LogP contribution in [0.15, 0.2) is 48.9 Å². The van der Waals surface area contributed by atoms with E-state index in [9.17, 15) is 14.9 Å². The zero-order valence-corrected chi connectivity index (χ0v) is 22.2. The highest BCUT2D eigenvalue weighted by atomic mass is 16.5. The molecule has 1 aliphatic carbocycles. The molecule has 0 unspecified atom stereocenters. The molecule has 3 heterocycles. The van der Waals surface area contributed by atoms with Gasteiger partial charge in [0.2, 0.25) is 11.8 Å². The van der Waals surface area contributed by atoms with Crippen LogP contribution < -0.4 is 10.2 Å². The van der Waals surface area contributed by atoms with Crippen LogP contribution in [0.1, 0.15) is 26.2 Å². The fourth-order valence-electron chi connectivity index (χ4n) is 5.25. The molecule has 1 aromatic carbocycles. The van der Waals surface area contributed by atoms with Crippen LogP contribution in [0, 0.1) is 22.7 Å². The molecular formula is C29H32N6O4. The van der Waals surface area contributed by atoms with E-state index in [4.69, 9.17) is 9.47 Å². The van der Waals surface area contributed by atoms with E-state index >= 15 is 0 Å². The number of aromatic nitrogens is 3. The fraction of sp³-hybridized carbons (Fsp3) is 0.414. The van der Waals surface area contributed by atoms with Crippen molar-refractivity contribution in [1.29, 1.82) is 5.26 Å². The first-order chi connectivity index (χ1) is 19.0. The zero-order valence-electron chi connectivity index (χ0n) is 22.2. The molecule has 2 aromatic heterocycles. The lowest BCUT2D eigenvalue weighted by molar-refractivity contribution is -0.123. The van der Waals surface area contributed by atoms with Crippen molar-refractivity contribution in [3.05, 3.63) is 48.9 Å². The van der Waals surface area contributed by atoms with Crippen LogP contribution in [0.2, 0.25) is 0 Å². The normalized spacial score (nSPS) is 18.8. The highest BCUT2D eigenvalue weighted by molar-refractivity contribution is 6.03. The summed E-state index contributed by atoms with van der Waals surface area (Å²) in [6.07, 6.45) is 7.75. The van der Waals surface area contributed by atoms with Gasteiger partial charge in [0, 0.05) is 49.8 Å². The van der Waals surface area contributed by atoms with E-state index in [1.54, 1.807) is 30.5 Å². The first kappa shape index (κ1) is 26.5. The third kappa shape index (κ3) is 5.41. The minimum atomic E-state index is -0.926. The van der Waals surface area contributed by atoms with E-state index in [1.165, 1.54) is 6.92 Å². The van der Waals surface area contributed by atoms with Crippen molar-refractivity contribution in [3.8, 4) is 28.5 Å². The number of rotatable bonds is 11. The highest BCUT2D eigenvalue weighted by Crippen LogP contribution is 2.52. The molecule has 1 aliphatic heterocycles. The molecule has 10 heteroatoms. The van der Waals surface area contributed by atoms with Crippen LogP contribution in [0.4, 0.5) is 11.4 Å². The number of carbonyl (C=O) groups excluding carboxylic acids is 2. The minimum absolute atomic E-state index is 0.131. The maximum absolute atomic E-state index is 13.4. The van der Waals surface area contributed by atoms with Gasteiger partial charge in [-0.25, -0.2) is 0 Å². The summed E-state index contributed by atoms with van der Waals surface area (Å²) < 4.78 is 12.4. The lowest BCUT2D eigenvalue weighted by atomic mass is 9.83. The Balaban J connectivity index is 1.47. The molecule has 2 amide bonds. The highest BCUT2D eigenvalue weighted by Gasteiger charge is 2.56. The van der Waals surface area contributed by atoms with Gasteiger partial charge in [-0.2, -0.15) is 10.4 Å². The van der Waals surface area contributed by atoms with Crippen molar-refractivity contribution in [1.82, 2.24) is 14.8 Å². The number of amides is 2. The molecule has 3 aromatic rings. The average Bonchev–Trinajstić information content (AvgIpc) is 3.59. The number of nitriles is 1. The van der Waals surface area contributed by atoms with Gasteiger partial charge < -0.3 is 19.7 Å². The number of hydrogen-bond acceptors (Lipinski definition) is 7. The molecule has 0 bridgehead atoms. The van der Waals surface area contributed by atoms with Crippen LogP contribution in [0.5, 0.6) is 0 Å². The van der Waals surface area contributed by atoms with Crippen molar-refractivity contribution < 1.29 is 19.1 Å². The van der Waals surface area contributed by atoms with Crippen LogP contribution in [-0.4, -0.2) is 60.1 Å². The standard InChI is InChI=1S/C29H32N6O4/c1-20(36)33-25-5-3-4-24(21-17-32-34(18-21)12-13-39-15-14-38-2)27(25)26-16-23(8-10-31-26)35-11-9-29(19-30,28(35)37)22-6-7-22/h3-5,8,10,16-18,22H,6-7,9,11-15H2,1-2H3,(H,33,36)/t29-/m1/s1. The van der Waals surface area contributed by atoms with E-state index in [0.717, 1.165) is 29.5 Å². The summed E-state index contributed by atoms with van der Waals surface area (Å²) in [5, 5.41) is 17.3. The number of anilines is 2. The van der Waals surface area contributed by atoms with Crippen LogP contribution in [0.3, 0.4) is 0 Å². The SMILES string of the molecule is COCCOCCn1cc(-c2cccc(NC(C)=O)c2-c2cc(N3CC[C@@](C#N)(C4CC4)C3=O)ccn2)cn1. The second-order valence-corrected chi connectivity index (χ2v) is 9.97. The topological polar surface area (TPSA) is 122 Å². The lowest BCUT2D eigenvalue weighted by Crippen LogP contribution is -2.35. The Morgan fingerprint density at radius 3 is 2.85 bits per heavy atom. The maximum Gasteiger partial charge on any atom is 0.247 e. The van der Waals surface area contributed by atoms with Crippen molar-refractivity contribution in [2.24, 2.45) is 11.3 Å². The molecule has 1 saturated heterocycles. The van der Waals surface area contributed by atoms with Gasteiger partial charge in [0.05, 0.1) is 50.0 Å². The van der Waals surface area contributed by atoms with Crippen LogP contribution >= 0.6 is 0 Å². The summed E-state index contributed by atoms with van der Waals surface area (Å²) in [6, 6.07) is 11.7. The van der Waals surface area contributed by atoms with Gasteiger partial charge in [-0.3, -0.25) is 19.3 Å². The van der Waals surface area contributed by atoms with Crippen molar-refractivity contribution in [2.75, 3.05) is 43.7 Å². The Morgan fingerprint density at radius 1 is 1.26 bits per heavy atom. The van der Waals surface area contributed by atoms with E-state index in [2.05, 4.69) is 21.5 Å². The van der Waals surface area contributed by atoms with Gasteiger partial charge in [-0.05, 0) is 48.9 Å². The number of nitrogens with zero attached hydrogens (tertiary/aromatic N) is 5. The summed E-state index contributed by atoms with van der Waals surface area (Å²) >= 11 is 0. The molecular weight excluding hydrogens is 496 g/mol. The average molecular weight is 529 g/mol. The molecule has 39 heavy (non-hydrogen) atoms. The Labute approximate surface area is 227 Å². The van der Waals surface area contributed by atoms with Crippen molar-refractivity contribution in [2.45, 2.75) is 32.7 Å². The smallest absolute Gasteiger partial charge is 0.247 e. The zero-order chi connectivity index (χ0) is 27.4. The van der Waals surface area contributed by atoms with Gasteiger partial charge in [0.15, 0.2) is 0 Å². The molecule has 202 valence electrons. The van der Waals surface area contributed by atoms with Crippen molar-refractivity contribution >= 4 is 23.2 Å². The maximum atomic E-state index is 13.4. The number of hydrogen-bond donors (Lipinski definition) is 1. The second-order valence-electron chi connectivity index (χ2n) is 9.97. The minimum Gasteiger partial charge on any atom is -0.382 e. The second kappa shape index (κ2) is 11.4. The van der Waals surface area contributed by atoms with Gasteiger partial charge in [0.1, 0.15) is 5.41 Å². The summed E-state index contributed by atoms with van der Waals surface area (Å²) in [5.41, 5.74) is 3.41. The predicted octanol–water partition coefficient (Wildman–Crippen LogP) is 3.89. The summed E-state index contributed by atoms with van der Waals surface area (Å²) in [6.45, 7) is 4.09. The molecule has 10 nitrogen and oxygen atoms in total. The van der Waals surface area contributed by atoms with Crippen LogP contribution in [0.25, 0.3) is 22.4 Å². The number of ether oxygens (including phenoxy) is 2. The van der Waals surface area contributed by atoms with Gasteiger partial charge >= 0.3 is 0 Å². The monoisotopic (exact) mass is 528 g/mol. The molecule has 2 aliphatic rings. The van der Waals surface area contributed by atoms with E-state index in [0.29, 0.717) is 56.4 Å². The number of benzene rings is 1. The van der Waals surface area contributed by atoms with Gasteiger partial charge in [-0.1, -0.05) is 12.1 Å². The van der Waals surface area contributed by atoms with E-state index in [-0.39, 0.29) is 17.7 Å². The number of pyridine rings is 1. The number of carbonyl (C=O) groups is 2. The van der Waals surface area contributed by atoms with E-state index < -0.39 is 5.41 Å². The number of methoxy groups -OCH3 is 1. The van der Waals surface area contributed by atoms with Crippen LogP contribution in [-0.2, 0) is 25.6 Å². The largest absolute Gasteiger partial charge is 0.382 e. The Hall–Kier alpha value is -4.07. The molecule has 1 atom stereocenters. The Kier molecular flexibility index (Phi) is 7.72. The third-order valence-electron chi connectivity index (χ3n) is 7.36. The Bertz CT molecular complexity index is 1410. The summed E-state index contributed by atoms with van der Waals surface area (Å²) in [5.74, 6) is -0.184. The first-order valence-corrected chi connectivity index (χ1v) is 13.2. The molecule has 2 fully saturated rings. The number of nitrogens with one attached hydrogen (secondary N) is 1. The quantitative estimate of drug-likeness (QED) is 0.375. The molecule has 1 saturated carbocycles. The summed E-state index contributed by atoms with van der Waals surface area (Å²) in [4.78, 5) is 31.9. The molecule has 0 radical (unpaired) electrons.